The van der Waals surface area contributed by atoms with Gasteiger partial charge >= 0.3 is 15.5 Å². The maximum absolute atomic E-state index is 13.8. The van der Waals surface area contributed by atoms with Crippen molar-refractivity contribution in [1.29, 1.82) is 0 Å². The summed E-state index contributed by atoms with van der Waals surface area (Å²) in [5.41, 5.74) is -3.43. The van der Waals surface area contributed by atoms with Crippen LogP contribution in [0.25, 0.3) is 0 Å². The van der Waals surface area contributed by atoms with Crippen LogP contribution < -0.4 is 9.64 Å². The van der Waals surface area contributed by atoms with Crippen LogP contribution in [0, 0.1) is 6.92 Å². The van der Waals surface area contributed by atoms with Gasteiger partial charge in [-0.2, -0.15) is 22.5 Å². The van der Waals surface area contributed by atoms with Gasteiger partial charge in [-0.1, -0.05) is 42.5 Å². The Morgan fingerprint density at radius 2 is 1.84 bits per heavy atom. The number of aryl methyl sites for hydroxylation is 2. The van der Waals surface area contributed by atoms with Crippen LogP contribution in [0.1, 0.15) is 33.7 Å². The summed E-state index contributed by atoms with van der Waals surface area (Å²) in [4.78, 5) is 23.3. The van der Waals surface area contributed by atoms with Gasteiger partial charge in [-0.15, -0.1) is 0 Å². The summed E-state index contributed by atoms with van der Waals surface area (Å²) < 4.78 is 71.7. The van der Waals surface area contributed by atoms with E-state index in [1.165, 1.54) is 24.3 Å². The number of nitrogens with zero attached hydrogens (tertiary/aromatic N) is 4. The molecule has 1 amide bonds. The van der Waals surface area contributed by atoms with Crippen molar-refractivity contribution in [3.63, 3.8) is 0 Å². The van der Waals surface area contributed by atoms with Crippen LogP contribution in [0.15, 0.2) is 60.8 Å². The zero-order valence-electron chi connectivity index (χ0n) is 20.1. The number of hydrogen-bond donors (Lipinski definition) is 0. The van der Waals surface area contributed by atoms with E-state index >= 15 is 0 Å². The average Bonchev–Trinajstić information content (AvgIpc) is 3.05. The lowest BCUT2D eigenvalue weighted by molar-refractivity contribution is -0.0492. The van der Waals surface area contributed by atoms with Gasteiger partial charge in [0.25, 0.3) is 5.91 Å². The molecule has 8 nitrogen and oxygen atoms in total. The Bertz CT molecular complexity index is 1380. The van der Waals surface area contributed by atoms with Crippen molar-refractivity contribution < 1.29 is 31.1 Å². The highest BCUT2D eigenvalue weighted by molar-refractivity contribution is 7.89. The SMILES string of the molecule is COc1ccnc(C(=O)N2c3cccc(C)c3CN(S(=O)(=O)C(F)(F)F)CC2CCc2ccccc2)n1. The Balaban J connectivity index is 1.85. The maximum atomic E-state index is 13.8. The molecule has 2 aromatic carbocycles. The first kappa shape index (κ1) is 26.6. The standard InChI is InChI=1S/C25H25F3N4O4S/c1-17-7-6-10-21-20(17)16-31(37(34,35)25(26,27)28)15-19(12-11-18-8-4-3-5-9-18)32(21)24(33)23-29-14-13-22(30-23)36-2/h3-10,13-14,19H,11-12,15-16H2,1-2H3. The topological polar surface area (TPSA) is 92.7 Å². The number of amides is 1. The third kappa shape index (κ3) is 5.44. The quantitative estimate of drug-likeness (QED) is 0.473. The number of ether oxygens (including phenoxy) is 1. The van der Waals surface area contributed by atoms with Gasteiger partial charge in [0.05, 0.1) is 13.2 Å². The predicted molar refractivity (Wildman–Crippen MR) is 131 cm³/mol. The summed E-state index contributed by atoms with van der Waals surface area (Å²) in [5.74, 6) is -0.751. The zero-order valence-corrected chi connectivity index (χ0v) is 21.0. The van der Waals surface area contributed by atoms with E-state index in [0.717, 1.165) is 5.56 Å². The lowest BCUT2D eigenvalue weighted by Gasteiger charge is -2.32. The Morgan fingerprint density at radius 1 is 1.11 bits per heavy atom. The molecule has 1 aliphatic heterocycles. The first-order valence-corrected chi connectivity index (χ1v) is 12.9. The number of anilines is 1. The molecule has 1 aliphatic rings. The number of methoxy groups -OCH3 is 1. The van der Waals surface area contributed by atoms with Crippen molar-refractivity contribution in [2.24, 2.45) is 0 Å². The number of carbonyl (C=O) groups excluding carboxylic acids is 1. The molecule has 12 heteroatoms. The van der Waals surface area contributed by atoms with Crippen LogP contribution in [0.5, 0.6) is 5.88 Å². The molecule has 0 fully saturated rings. The fourth-order valence-electron chi connectivity index (χ4n) is 4.34. The monoisotopic (exact) mass is 534 g/mol. The number of halogens is 3. The highest BCUT2D eigenvalue weighted by Gasteiger charge is 2.52. The van der Waals surface area contributed by atoms with Crippen LogP contribution in [0.3, 0.4) is 0 Å². The van der Waals surface area contributed by atoms with Crippen LogP contribution in [-0.4, -0.2) is 53.8 Å². The molecule has 0 bridgehead atoms. The molecule has 1 aromatic heterocycles. The van der Waals surface area contributed by atoms with Crippen molar-refractivity contribution in [1.82, 2.24) is 14.3 Å². The van der Waals surface area contributed by atoms with Gasteiger partial charge in [0, 0.05) is 31.0 Å². The zero-order chi connectivity index (χ0) is 26.8. The fourth-order valence-corrected chi connectivity index (χ4v) is 5.30. The molecule has 0 spiro atoms. The number of sulfonamides is 1. The number of alkyl halides is 3. The van der Waals surface area contributed by atoms with Crippen LogP contribution >= 0.6 is 0 Å². The van der Waals surface area contributed by atoms with Gasteiger partial charge in [0.2, 0.25) is 11.7 Å². The maximum Gasteiger partial charge on any atom is 0.511 e. The predicted octanol–water partition coefficient (Wildman–Crippen LogP) is 4.11. The summed E-state index contributed by atoms with van der Waals surface area (Å²) in [6.45, 7) is 0.569. The highest BCUT2D eigenvalue weighted by Crippen LogP contribution is 2.37. The van der Waals surface area contributed by atoms with Crippen molar-refractivity contribution in [3.05, 3.63) is 83.3 Å². The number of benzene rings is 2. The fraction of sp³-hybridized carbons (Fsp3) is 0.320. The minimum Gasteiger partial charge on any atom is -0.481 e. The van der Waals surface area contributed by atoms with Crippen molar-refractivity contribution in [2.75, 3.05) is 18.6 Å². The molecule has 0 radical (unpaired) electrons. The summed E-state index contributed by atoms with van der Waals surface area (Å²) in [6.07, 6.45) is 1.93. The number of rotatable bonds is 6. The van der Waals surface area contributed by atoms with Crippen LogP contribution in [0.2, 0.25) is 0 Å². The summed E-state index contributed by atoms with van der Waals surface area (Å²) in [5, 5.41) is 0. The normalized spacial score (nSPS) is 16.7. The molecule has 0 saturated carbocycles. The molecule has 0 N–H and O–H groups in total. The molecule has 1 unspecified atom stereocenters. The van der Waals surface area contributed by atoms with Gasteiger partial charge in [-0.05, 0) is 42.5 Å². The smallest absolute Gasteiger partial charge is 0.481 e. The average molecular weight is 535 g/mol. The van der Waals surface area contributed by atoms with E-state index in [1.807, 2.05) is 30.3 Å². The minimum absolute atomic E-state index is 0.139. The second-order valence-electron chi connectivity index (χ2n) is 8.59. The van der Waals surface area contributed by atoms with Gasteiger partial charge in [-0.25, -0.2) is 13.4 Å². The summed E-state index contributed by atoms with van der Waals surface area (Å²) in [6, 6.07) is 14.6. The number of aromatic nitrogens is 2. The molecule has 2 heterocycles. The van der Waals surface area contributed by atoms with E-state index in [-0.39, 0.29) is 18.1 Å². The molecule has 4 rings (SSSR count). The number of fused-ring (bicyclic) bond motifs is 1. The Hall–Kier alpha value is -3.51. The Morgan fingerprint density at radius 3 is 2.51 bits per heavy atom. The van der Waals surface area contributed by atoms with E-state index in [9.17, 15) is 26.4 Å². The van der Waals surface area contributed by atoms with Crippen molar-refractivity contribution >= 4 is 21.6 Å². The van der Waals surface area contributed by atoms with Gasteiger partial charge in [0.15, 0.2) is 0 Å². The molecule has 196 valence electrons. The van der Waals surface area contributed by atoms with E-state index in [0.29, 0.717) is 27.5 Å². The van der Waals surface area contributed by atoms with E-state index in [2.05, 4.69) is 9.97 Å². The Labute approximate surface area is 212 Å². The second-order valence-corrected chi connectivity index (χ2v) is 10.5. The third-order valence-electron chi connectivity index (χ3n) is 6.25. The van der Waals surface area contributed by atoms with Crippen LogP contribution in [0.4, 0.5) is 18.9 Å². The van der Waals surface area contributed by atoms with E-state index in [1.54, 1.807) is 25.1 Å². The number of carbonyl (C=O) groups is 1. The summed E-state index contributed by atoms with van der Waals surface area (Å²) >= 11 is 0. The molecule has 0 saturated heterocycles. The Kier molecular flexibility index (Phi) is 7.51. The molecular formula is C25H25F3N4O4S. The lowest BCUT2D eigenvalue weighted by atomic mass is 10.0. The second kappa shape index (κ2) is 10.5. The van der Waals surface area contributed by atoms with E-state index in [4.69, 9.17) is 4.74 Å². The third-order valence-corrected chi connectivity index (χ3v) is 7.79. The molecule has 3 aromatic rings. The molecule has 37 heavy (non-hydrogen) atoms. The number of hydrogen-bond acceptors (Lipinski definition) is 6. The molecular weight excluding hydrogens is 509 g/mol. The minimum atomic E-state index is -5.68. The van der Waals surface area contributed by atoms with Gasteiger partial charge in [-0.3, -0.25) is 4.79 Å². The highest BCUT2D eigenvalue weighted by atomic mass is 32.2. The first-order chi connectivity index (χ1) is 17.5. The van der Waals surface area contributed by atoms with E-state index < -0.39 is 40.6 Å². The lowest BCUT2D eigenvalue weighted by Crippen LogP contribution is -2.49. The largest absolute Gasteiger partial charge is 0.511 e. The summed E-state index contributed by atoms with van der Waals surface area (Å²) in [7, 11) is -4.30. The van der Waals surface area contributed by atoms with Gasteiger partial charge in [0.1, 0.15) is 0 Å². The molecule has 1 atom stereocenters. The molecule has 0 aliphatic carbocycles. The van der Waals surface area contributed by atoms with Gasteiger partial charge < -0.3 is 9.64 Å². The van der Waals surface area contributed by atoms with Crippen molar-refractivity contribution in [2.45, 2.75) is 37.9 Å². The van der Waals surface area contributed by atoms with Crippen molar-refractivity contribution in [3.8, 4) is 5.88 Å². The van der Waals surface area contributed by atoms with Crippen LogP contribution in [-0.2, 0) is 23.0 Å². The first-order valence-electron chi connectivity index (χ1n) is 11.4.